The lowest BCUT2D eigenvalue weighted by molar-refractivity contribution is -0.147. The maximum Gasteiger partial charge on any atom is 0.334 e. The normalized spacial score (nSPS) is 12.9. The summed E-state index contributed by atoms with van der Waals surface area (Å²) in [6.45, 7) is -0.391. The monoisotopic (exact) mass is 323 g/mol. The molecule has 2 N–H and O–H groups in total. The number of nitrogens with one attached hydrogen (secondary N) is 1. The highest BCUT2D eigenvalue weighted by atomic mass is 35.5. The summed E-state index contributed by atoms with van der Waals surface area (Å²) in [5.74, 6) is -0.922. The predicted octanol–water partition coefficient (Wildman–Crippen LogP) is 0.727. The number of benzene rings is 1. The van der Waals surface area contributed by atoms with Crippen molar-refractivity contribution in [3.63, 3.8) is 0 Å². The lowest BCUT2D eigenvalue weighted by Gasteiger charge is -2.12. The Morgan fingerprint density at radius 3 is 2.55 bits per heavy atom. The van der Waals surface area contributed by atoms with E-state index in [1.807, 2.05) is 0 Å². The van der Waals surface area contributed by atoms with E-state index in [-0.39, 0.29) is 9.92 Å². The van der Waals surface area contributed by atoms with Crippen molar-refractivity contribution in [2.24, 2.45) is 0 Å². The molecule has 0 aliphatic heterocycles. The molecule has 0 bridgehead atoms. The van der Waals surface area contributed by atoms with Gasteiger partial charge in [0, 0.05) is 13.7 Å². The first-order chi connectivity index (χ1) is 9.31. The molecule has 0 radical (unpaired) electrons. The van der Waals surface area contributed by atoms with Crippen LogP contribution in [-0.2, 0) is 19.6 Å². The number of ether oxygens (including phenoxy) is 2. The van der Waals surface area contributed by atoms with Gasteiger partial charge in [0.05, 0.1) is 17.0 Å². The van der Waals surface area contributed by atoms with Crippen molar-refractivity contribution in [2.75, 3.05) is 20.8 Å². The number of carbonyl (C=O) groups is 1. The number of carboxylic acid groups (broad SMARTS) is 1. The maximum atomic E-state index is 12.0. The average Bonchev–Trinajstić information content (AvgIpc) is 2.38. The second-order valence-corrected chi connectivity index (χ2v) is 5.88. The summed E-state index contributed by atoms with van der Waals surface area (Å²) in [6, 6.07) is 3.92. The molecule has 0 aromatic heterocycles. The number of methoxy groups -OCH3 is 2. The van der Waals surface area contributed by atoms with Crippen LogP contribution in [0.25, 0.3) is 0 Å². The highest BCUT2D eigenvalue weighted by Gasteiger charge is 2.21. The SMILES string of the molecule is COc1ccc(S(=O)(=O)NCC(OC)C(=O)O)cc1Cl. The van der Waals surface area contributed by atoms with Gasteiger partial charge in [0.25, 0.3) is 0 Å². The number of sulfonamides is 1. The van der Waals surface area contributed by atoms with Crippen LogP contribution in [0.1, 0.15) is 0 Å². The molecule has 7 nitrogen and oxygen atoms in total. The number of hydrogen-bond acceptors (Lipinski definition) is 5. The lowest BCUT2D eigenvalue weighted by Crippen LogP contribution is -2.37. The van der Waals surface area contributed by atoms with Gasteiger partial charge in [-0.2, -0.15) is 0 Å². The Morgan fingerprint density at radius 2 is 2.10 bits per heavy atom. The zero-order valence-electron chi connectivity index (χ0n) is 10.8. The fourth-order valence-corrected chi connectivity index (χ4v) is 2.73. The van der Waals surface area contributed by atoms with Crippen molar-refractivity contribution in [3.05, 3.63) is 23.2 Å². The Kier molecular flexibility index (Phi) is 5.75. The molecule has 0 aliphatic carbocycles. The van der Waals surface area contributed by atoms with Gasteiger partial charge in [0.15, 0.2) is 6.10 Å². The van der Waals surface area contributed by atoms with E-state index in [4.69, 9.17) is 21.4 Å². The molecular formula is C11H14ClNO6S. The Balaban J connectivity index is 2.89. The van der Waals surface area contributed by atoms with Crippen LogP contribution in [0.2, 0.25) is 5.02 Å². The summed E-state index contributed by atoms with van der Waals surface area (Å²) >= 11 is 5.84. The Hall–Kier alpha value is -1.35. The highest BCUT2D eigenvalue weighted by Crippen LogP contribution is 2.26. The molecule has 112 valence electrons. The zero-order chi connectivity index (χ0) is 15.3. The molecule has 0 aliphatic rings. The van der Waals surface area contributed by atoms with E-state index in [9.17, 15) is 13.2 Å². The third kappa shape index (κ3) is 4.07. The molecule has 0 amide bonds. The van der Waals surface area contributed by atoms with Crippen LogP contribution in [0.5, 0.6) is 5.75 Å². The van der Waals surface area contributed by atoms with Crippen molar-refractivity contribution < 1.29 is 27.8 Å². The number of halogens is 1. The third-order valence-corrected chi connectivity index (χ3v) is 4.17. The fourth-order valence-electron chi connectivity index (χ4n) is 1.35. The molecule has 9 heteroatoms. The van der Waals surface area contributed by atoms with Crippen molar-refractivity contribution in [3.8, 4) is 5.75 Å². The predicted molar refractivity (Wildman–Crippen MR) is 71.6 cm³/mol. The summed E-state index contributed by atoms with van der Waals surface area (Å²) in [6.07, 6.45) is -1.27. The average molecular weight is 324 g/mol. The first-order valence-corrected chi connectivity index (χ1v) is 7.26. The van der Waals surface area contributed by atoms with Crippen LogP contribution in [0, 0.1) is 0 Å². The van der Waals surface area contributed by atoms with E-state index >= 15 is 0 Å². The van der Waals surface area contributed by atoms with E-state index in [0.717, 1.165) is 0 Å². The third-order valence-electron chi connectivity index (χ3n) is 2.45. The summed E-state index contributed by atoms with van der Waals surface area (Å²) in [7, 11) is -1.30. The second kappa shape index (κ2) is 6.89. The smallest absolute Gasteiger partial charge is 0.334 e. The van der Waals surface area contributed by atoms with E-state index in [2.05, 4.69) is 9.46 Å². The molecule has 0 fully saturated rings. The van der Waals surface area contributed by atoms with Gasteiger partial charge in [-0.25, -0.2) is 17.9 Å². The number of carboxylic acids is 1. The molecule has 20 heavy (non-hydrogen) atoms. The highest BCUT2D eigenvalue weighted by molar-refractivity contribution is 7.89. The van der Waals surface area contributed by atoms with Gasteiger partial charge in [-0.15, -0.1) is 0 Å². The molecule has 1 aromatic rings. The van der Waals surface area contributed by atoms with Crippen molar-refractivity contribution in [1.29, 1.82) is 0 Å². The standard InChI is InChI=1S/C11H14ClNO6S/c1-18-9-4-3-7(5-8(9)12)20(16,17)13-6-10(19-2)11(14)15/h3-5,10,13H,6H2,1-2H3,(H,14,15). The van der Waals surface area contributed by atoms with Crippen LogP contribution in [0.15, 0.2) is 23.1 Å². The molecule has 1 unspecified atom stereocenters. The van der Waals surface area contributed by atoms with E-state index in [1.165, 1.54) is 32.4 Å². The molecule has 1 rings (SSSR count). The van der Waals surface area contributed by atoms with Crippen LogP contribution < -0.4 is 9.46 Å². The van der Waals surface area contributed by atoms with Gasteiger partial charge in [-0.3, -0.25) is 0 Å². The number of aliphatic carboxylic acids is 1. The van der Waals surface area contributed by atoms with Crippen LogP contribution in [-0.4, -0.2) is 46.4 Å². The molecule has 0 spiro atoms. The van der Waals surface area contributed by atoms with Crippen molar-refractivity contribution in [1.82, 2.24) is 4.72 Å². The Bertz CT molecular complexity index is 589. The fraction of sp³-hybridized carbons (Fsp3) is 0.364. The minimum atomic E-state index is -3.88. The number of hydrogen-bond donors (Lipinski definition) is 2. The quantitative estimate of drug-likeness (QED) is 0.767. The molecule has 1 aromatic carbocycles. The summed E-state index contributed by atoms with van der Waals surface area (Å²) in [5, 5.41) is 8.89. The van der Waals surface area contributed by atoms with Gasteiger partial charge < -0.3 is 14.6 Å². The molecule has 0 heterocycles. The van der Waals surface area contributed by atoms with E-state index in [1.54, 1.807) is 0 Å². The van der Waals surface area contributed by atoms with Gasteiger partial charge >= 0.3 is 5.97 Å². The largest absolute Gasteiger partial charge is 0.495 e. The van der Waals surface area contributed by atoms with Crippen molar-refractivity contribution >= 4 is 27.6 Å². The summed E-state index contributed by atoms with van der Waals surface area (Å²) in [4.78, 5) is 10.6. The van der Waals surface area contributed by atoms with Gasteiger partial charge in [-0.1, -0.05) is 11.6 Å². The topological polar surface area (TPSA) is 102 Å². The first-order valence-electron chi connectivity index (χ1n) is 5.40. The van der Waals surface area contributed by atoms with E-state index < -0.39 is 28.6 Å². The molecule has 1 atom stereocenters. The second-order valence-electron chi connectivity index (χ2n) is 3.71. The minimum Gasteiger partial charge on any atom is -0.495 e. The molecule has 0 saturated heterocycles. The molecule has 0 saturated carbocycles. The Labute approximate surface area is 121 Å². The minimum absolute atomic E-state index is 0.0939. The van der Waals surface area contributed by atoms with E-state index in [0.29, 0.717) is 5.75 Å². The van der Waals surface area contributed by atoms with Crippen LogP contribution in [0.3, 0.4) is 0 Å². The zero-order valence-corrected chi connectivity index (χ0v) is 12.4. The van der Waals surface area contributed by atoms with Crippen LogP contribution >= 0.6 is 11.6 Å². The lowest BCUT2D eigenvalue weighted by atomic mass is 10.3. The van der Waals surface area contributed by atoms with Gasteiger partial charge in [0.1, 0.15) is 5.75 Å². The van der Waals surface area contributed by atoms with Crippen molar-refractivity contribution in [2.45, 2.75) is 11.0 Å². The van der Waals surface area contributed by atoms with Gasteiger partial charge in [-0.05, 0) is 18.2 Å². The van der Waals surface area contributed by atoms with Crippen LogP contribution in [0.4, 0.5) is 0 Å². The summed E-state index contributed by atoms with van der Waals surface area (Å²) < 4.78 is 35.6. The summed E-state index contributed by atoms with van der Waals surface area (Å²) in [5.41, 5.74) is 0. The number of rotatable bonds is 7. The molecular weight excluding hydrogens is 310 g/mol. The Morgan fingerprint density at radius 1 is 1.45 bits per heavy atom. The maximum absolute atomic E-state index is 12.0. The van der Waals surface area contributed by atoms with Gasteiger partial charge in [0.2, 0.25) is 10.0 Å². The first kappa shape index (κ1) is 16.7.